The van der Waals surface area contributed by atoms with Crippen molar-refractivity contribution in [2.24, 2.45) is 11.8 Å². The van der Waals surface area contributed by atoms with E-state index in [-0.39, 0.29) is 29.3 Å². The lowest BCUT2D eigenvalue weighted by atomic mass is 9.80. The lowest BCUT2D eigenvalue weighted by molar-refractivity contribution is -0.153. The van der Waals surface area contributed by atoms with E-state index in [4.69, 9.17) is 14.2 Å². The van der Waals surface area contributed by atoms with E-state index in [1.165, 1.54) is 6.08 Å². The average Bonchev–Trinajstić information content (AvgIpc) is 2.96. The molecule has 6 heteroatoms. The molecule has 0 radical (unpaired) electrons. The van der Waals surface area contributed by atoms with Crippen molar-refractivity contribution < 1.29 is 28.6 Å². The Bertz CT molecular complexity index is 717. The van der Waals surface area contributed by atoms with Crippen LogP contribution in [0.2, 0.25) is 0 Å². The van der Waals surface area contributed by atoms with E-state index in [1.807, 2.05) is 6.92 Å². The third-order valence-electron chi connectivity index (χ3n) is 5.13. The van der Waals surface area contributed by atoms with E-state index in [2.05, 4.69) is 13.2 Å². The summed E-state index contributed by atoms with van der Waals surface area (Å²) in [6, 6.07) is 0. The van der Waals surface area contributed by atoms with Crippen LogP contribution in [-0.4, -0.2) is 35.5 Å². The van der Waals surface area contributed by atoms with Crippen LogP contribution in [0.4, 0.5) is 0 Å². The Balaban J connectivity index is 2.01. The van der Waals surface area contributed by atoms with Gasteiger partial charge in [-0.05, 0) is 20.3 Å². The first-order chi connectivity index (χ1) is 11.6. The maximum Gasteiger partial charge on any atom is 0.334 e. The summed E-state index contributed by atoms with van der Waals surface area (Å²) in [6.07, 6.45) is 0.842. The summed E-state index contributed by atoms with van der Waals surface area (Å²) in [5.74, 6) is -1.27. The zero-order valence-electron chi connectivity index (χ0n) is 14.7. The molecule has 0 amide bonds. The van der Waals surface area contributed by atoms with Crippen molar-refractivity contribution in [2.45, 2.75) is 51.4 Å². The highest BCUT2D eigenvalue weighted by Gasteiger charge is 2.53. The first-order valence-corrected chi connectivity index (χ1v) is 8.33. The Labute approximate surface area is 146 Å². The van der Waals surface area contributed by atoms with Gasteiger partial charge in [-0.3, -0.25) is 4.79 Å². The van der Waals surface area contributed by atoms with Gasteiger partial charge in [0, 0.05) is 29.6 Å². The van der Waals surface area contributed by atoms with Crippen LogP contribution >= 0.6 is 0 Å². The van der Waals surface area contributed by atoms with Crippen molar-refractivity contribution in [3.05, 3.63) is 36.1 Å². The van der Waals surface area contributed by atoms with Gasteiger partial charge in [0.1, 0.15) is 18.0 Å². The molecule has 0 aliphatic carbocycles. The van der Waals surface area contributed by atoms with Crippen molar-refractivity contribution in [1.29, 1.82) is 0 Å². The molecule has 0 aromatic heterocycles. The van der Waals surface area contributed by atoms with Crippen LogP contribution in [0.15, 0.2) is 36.1 Å². The maximum absolute atomic E-state index is 12.5. The summed E-state index contributed by atoms with van der Waals surface area (Å²) in [5, 5.41) is 0. The first-order valence-electron chi connectivity index (χ1n) is 8.33. The number of carbonyl (C=O) groups is 3. The summed E-state index contributed by atoms with van der Waals surface area (Å²) in [4.78, 5) is 36.6. The van der Waals surface area contributed by atoms with Gasteiger partial charge in [0.25, 0.3) is 0 Å². The molecule has 2 bridgehead atoms. The van der Waals surface area contributed by atoms with Crippen LogP contribution < -0.4 is 0 Å². The number of esters is 2. The van der Waals surface area contributed by atoms with Gasteiger partial charge in [-0.15, -0.1) is 0 Å². The molecule has 0 aromatic rings. The molecule has 3 rings (SSSR count). The van der Waals surface area contributed by atoms with E-state index in [9.17, 15) is 14.4 Å². The molecule has 25 heavy (non-hydrogen) atoms. The summed E-state index contributed by atoms with van der Waals surface area (Å²) in [6.45, 7) is 12.5. The summed E-state index contributed by atoms with van der Waals surface area (Å²) in [7, 11) is 0. The molecule has 5 atom stereocenters. The van der Waals surface area contributed by atoms with Crippen molar-refractivity contribution in [3.63, 3.8) is 0 Å². The lowest BCUT2D eigenvalue weighted by Crippen LogP contribution is -2.43. The van der Waals surface area contributed by atoms with E-state index >= 15 is 0 Å². The second-order valence-corrected chi connectivity index (χ2v) is 7.30. The predicted molar refractivity (Wildman–Crippen MR) is 88.2 cm³/mol. The number of hydrogen-bond donors (Lipinski definition) is 0. The van der Waals surface area contributed by atoms with Gasteiger partial charge in [-0.1, -0.05) is 20.1 Å². The second-order valence-electron chi connectivity index (χ2n) is 7.30. The fourth-order valence-corrected chi connectivity index (χ4v) is 3.64. The highest BCUT2D eigenvalue weighted by molar-refractivity contribution is 5.99. The van der Waals surface area contributed by atoms with Gasteiger partial charge in [0.15, 0.2) is 5.60 Å². The molecule has 6 nitrogen and oxygen atoms in total. The second kappa shape index (κ2) is 5.86. The van der Waals surface area contributed by atoms with Gasteiger partial charge in [0.2, 0.25) is 5.78 Å². The fourth-order valence-electron chi connectivity index (χ4n) is 3.64. The van der Waals surface area contributed by atoms with Gasteiger partial charge in [-0.25, -0.2) is 9.59 Å². The SMILES string of the molecule is C=C(C)C(=O)O[C@@H]1C[C@@]2(C)OC(=CC2=O)[C@H](C)C[C@@H]2OC(=O)C(=C)[C@@H]21. The van der Waals surface area contributed by atoms with Crippen LogP contribution in [-0.2, 0) is 28.6 Å². The van der Waals surface area contributed by atoms with E-state index < -0.39 is 35.7 Å². The molecule has 0 unspecified atom stereocenters. The third kappa shape index (κ3) is 2.90. The van der Waals surface area contributed by atoms with Crippen molar-refractivity contribution in [3.8, 4) is 0 Å². The Morgan fingerprint density at radius 3 is 2.72 bits per heavy atom. The number of fused-ring (bicyclic) bond motifs is 3. The normalized spacial score (nSPS) is 37.1. The molecule has 0 aromatic carbocycles. The topological polar surface area (TPSA) is 78.9 Å². The van der Waals surface area contributed by atoms with Crippen molar-refractivity contribution in [1.82, 2.24) is 0 Å². The lowest BCUT2D eigenvalue weighted by Gasteiger charge is -2.31. The number of ether oxygens (including phenoxy) is 3. The Kier molecular flexibility index (Phi) is 4.09. The monoisotopic (exact) mass is 346 g/mol. The zero-order chi connectivity index (χ0) is 18.5. The predicted octanol–water partition coefficient (Wildman–Crippen LogP) is 2.24. The van der Waals surface area contributed by atoms with Gasteiger partial charge in [-0.2, -0.15) is 0 Å². The molecule has 2 saturated heterocycles. The Morgan fingerprint density at radius 1 is 1.40 bits per heavy atom. The summed E-state index contributed by atoms with van der Waals surface area (Å²) >= 11 is 0. The smallest absolute Gasteiger partial charge is 0.334 e. The van der Waals surface area contributed by atoms with Crippen LogP contribution in [0.25, 0.3) is 0 Å². The number of allylic oxidation sites excluding steroid dienone is 1. The minimum Gasteiger partial charge on any atom is -0.483 e. The van der Waals surface area contributed by atoms with Crippen molar-refractivity contribution in [2.75, 3.05) is 0 Å². The Hall–Kier alpha value is -2.37. The molecule has 0 N–H and O–H groups in total. The number of carbonyl (C=O) groups excluding carboxylic acids is 3. The maximum atomic E-state index is 12.5. The fraction of sp³-hybridized carbons (Fsp3) is 0.526. The summed E-state index contributed by atoms with van der Waals surface area (Å²) < 4.78 is 17.0. The largest absolute Gasteiger partial charge is 0.483 e. The molecule has 3 aliphatic heterocycles. The third-order valence-corrected chi connectivity index (χ3v) is 5.13. The minimum absolute atomic E-state index is 0.104. The minimum atomic E-state index is -1.13. The van der Waals surface area contributed by atoms with Crippen molar-refractivity contribution >= 4 is 17.7 Å². The average molecular weight is 346 g/mol. The van der Waals surface area contributed by atoms with Gasteiger partial charge < -0.3 is 14.2 Å². The number of ketones is 1. The molecular weight excluding hydrogens is 324 g/mol. The number of rotatable bonds is 2. The first kappa shape index (κ1) is 17.5. The molecule has 0 spiro atoms. The standard InChI is InChI=1S/C19H22O6/c1-9(2)17(21)24-14-8-19(5)15(20)7-12(25-19)10(3)6-13-16(14)11(4)18(22)23-13/h7,10,13-14,16H,1,4,6,8H2,2-3,5H3/t10-,13+,14-,16+,19-/m1/s1. The van der Waals surface area contributed by atoms with Gasteiger partial charge >= 0.3 is 11.9 Å². The van der Waals surface area contributed by atoms with E-state index in [0.717, 1.165) is 0 Å². The van der Waals surface area contributed by atoms with Crippen LogP contribution in [0.1, 0.15) is 33.6 Å². The molecule has 3 aliphatic rings. The highest BCUT2D eigenvalue weighted by Crippen LogP contribution is 2.44. The molecule has 3 heterocycles. The summed E-state index contributed by atoms with van der Waals surface area (Å²) in [5.41, 5.74) is -0.632. The van der Waals surface area contributed by atoms with E-state index in [0.29, 0.717) is 12.2 Å². The molecular formula is C19H22O6. The number of hydrogen-bond acceptors (Lipinski definition) is 6. The molecule has 2 fully saturated rings. The highest BCUT2D eigenvalue weighted by atomic mass is 16.6. The van der Waals surface area contributed by atoms with Crippen LogP contribution in [0.3, 0.4) is 0 Å². The van der Waals surface area contributed by atoms with Crippen LogP contribution in [0.5, 0.6) is 0 Å². The Morgan fingerprint density at radius 2 is 2.08 bits per heavy atom. The zero-order valence-corrected chi connectivity index (χ0v) is 14.7. The quantitative estimate of drug-likeness (QED) is 0.564. The van der Waals surface area contributed by atoms with Crippen LogP contribution in [0, 0.1) is 11.8 Å². The van der Waals surface area contributed by atoms with Gasteiger partial charge in [0.05, 0.1) is 5.92 Å². The molecule has 134 valence electrons. The molecule has 0 saturated carbocycles. The van der Waals surface area contributed by atoms with E-state index in [1.54, 1.807) is 13.8 Å².